The highest BCUT2D eigenvalue weighted by Gasteiger charge is 2.56. The Morgan fingerprint density at radius 3 is 1.34 bits per heavy atom. The number of imidazole rings is 4. The molecule has 14 rings (SSSR count). The summed E-state index contributed by atoms with van der Waals surface area (Å²) in [4.78, 5) is 79.1. The van der Waals surface area contributed by atoms with Crippen molar-refractivity contribution in [3.8, 4) is 0 Å². The van der Waals surface area contributed by atoms with E-state index in [1.165, 1.54) is 68.5 Å². The first-order valence-electron chi connectivity index (χ1n) is 25.6. The molecule has 8 unspecified atom stereocenters. The van der Waals surface area contributed by atoms with Crippen molar-refractivity contribution >= 4 is 121 Å². The number of aromatic nitrogens is 15. The third-order valence-corrected chi connectivity index (χ3v) is 19.6. The number of aliphatic hydroxyl groups excluding tert-OH is 2. The predicted octanol–water partition coefficient (Wildman–Crippen LogP) is -0.671. The molecule has 8 aromatic rings. The summed E-state index contributed by atoms with van der Waals surface area (Å²) in [7, 11) is -10.1. The number of ether oxygens (including phenoxy) is 4. The summed E-state index contributed by atoms with van der Waals surface area (Å²) in [5.41, 5.74) is 25.2. The van der Waals surface area contributed by atoms with Crippen LogP contribution in [0, 0.1) is 0 Å². The average molecular weight is 1350 g/mol. The number of halogens is 2. The maximum absolute atomic E-state index is 15.9. The molecule has 8 aromatic heterocycles. The summed E-state index contributed by atoms with van der Waals surface area (Å²) in [5.74, 6) is 0.136. The van der Waals surface area contributed by atoms with Crippen LogP contribution in [0.5, 0.6) is 0 Å². The van der Waals surface area contributed by atoms with Crippen LogP contribution >= 0.6 is 29.2 Å². The summed E-state index contributed by atoms with van der Waals surface area (Å²) in [6.07, 6.45) is -15.5. The molecule has 0 radical (unpaired) electrons. The molecule has 0 amide bonds. The van der Waals surface area contributed by atoms with Crippen molar-refractivity contribution < 1.29 is 103 Å². The Labute approximate surface area is 499 Å². The Balaban J connectivity index is 0.000000162. The molecule has 47 heteroatoms. The molecular formula is C41H45F2N19O20P4S2-2. The number of nitrogen functional groups attached to an aromatic ring is 4. The van der Waals surface area contributed by atoms with Crippen LogP contribution in [0.1, 0.15) is 24.9 Å². The van der Waals surface area contributed by atoms with Crippen molar-refractivity contribution in [3.63, 3.8) is 0 Å². The highest BCUT2D eigenvalue weighted by atomic mass is 32.7. The molecule has 0 aliphatic carbocycles. The molecule has 88 heavy (non-hydrogen) atoms. The second kappa shape index (κ2) is 23.2. The number of alkyl halides is 2. The topological polar surface area (TPSA) is 532 Å². The number of pyridine rings is 1. The summed E-state index contributed by atoms with van der Waals surface area (Å²) >= 11 is 10.2. The molecule has 12 N–H and O–H groups in total. The van der Waals surface area contributed by atoms with E-state index in [2.05, 4.69) is 54.8 Å². The molecule has 0 saturated carbocycles. The van der Waals surface area contributed by atoms with E-state index in [4.69, 9.17) is 102 Å². The van der Waals surface area contributed by atoms with Crippen LogP contribution in [0.2, 0.25) is 0 Å². The SMILES string of the molecule is Nc1ncnc2c1ncn2[C@@H]1O[C@@H]2COP(=O)(O)OC3[C@@H](COP(=O)([S-])OC1[C@H]2O)O[C@@H](n1cnc2c(N)ncnc21)[C@H]3F.Nc1ncnc2c1ncn2[C@@H]1O[C@@H]2COP(=O)(O)OC3[C@@H](COP([O-])(=S)OC1[C@H]2O)O[C@@H](n1cnc2c(N)ccnc21)[C@H]3F. The molecular weight excluding hydrogens is 1300 g/mol. The fraction of sp³-hybridized carbons (Fsp3) is 0.488. The number of nitrogens with zero attached hydrogens (tertiary/aromatic N) is 15. The van der Waals surface area contributed by atoms with Crippen LogP contribution in [-0.4, -0.2) is 193 Å². The van der Waals surface area contributed by atoms with Gasteiger partial charge in [0.05, 0.1) is 57.4 Å². The molecule has 39 nitrogen and oxygen atoms in total. The second-order valence-electron chi connectivity index (χ2n) is 19.9. The van der Waals surface area contributed by atoms with Gasteiger partial charge in [-0.15, -0.1) is 0 Å². The van der Waals surface area contributed by atoms with Crippen molar-refractivity contribution in [1.82, 2.24) is 73.1 Å². The van der Waals surface area contributed by atoms with Gasteiger partial charge in [0, 0.05) is 6.20 Å². The number of anilines is 4. The lowest BCUT2D eigenvalue weighted by atomic mass is 10.1. The van der Waals surface area contributed by atoms with Crippen LogP contribution in [-0.2, 0) is 92.9 Å². The summed E-state index contributed by atoms with van der Waals surface area (Å²) in [6.45, 7) is -12.0. The van der Waals surface area contributed by atoms with Crippen molar-refractivity contribution in [2.45, 2.75) is 98.3 Å². The van der Waals surface area contributed by atoms with Gasteiger partial charge in [0.15, 0.2) is 77.3 Å². The van der Waals surface area contributed by atoms with Gasteiger partial charge in [-0.05, 0) is 6.07 Å². The molecule has 20 atom stereocenters. The number of rotatable bonds is 4. The van der Waals surface area contributed by atoms with Gasteiger partial charge in [0.1, 0.15) is 109 Å². The van der Waals surface area contributed by atoms with Crippen LogP contribution in [0.3, 0.4) is 0 Å². The number of nitrogens with two attached hydrogens (primary N) is 4. The first kappa shape index (κ1) is 61.2. The van der Waals surface area contributed by atoms with Crippen molar-refractivity contribution in [1.29, 1.82) is 0 Å². The van der Waals surface area contributed by atoms with Crippen LogP contribution in [0.4, 0.5) is 31.9 Å². The Kier molecular flexibility index (Phi) is 16.2. The lowest BCUT2D eigenvalue weighted by molar-refractivity contribution is -0.218. The highest BCUT2D eigenvalue weighted by molar-refractivity contribution is 8.32. The van der Waals surface area contributed by atoms with E-state index < -0.39 is 154 Å². The smallest absolute Gasteiger partial charge is 0.472 e. The molecule has 6 saturated heterocycles. The van der Waals surface area contributed by atoms with Crippen LogP contribution in [0.25, 0.3) is 44.7 Å². The normalized spacial score (nSPS) is 38.3. The minimum Gasteiger partial charge on any atom is -0.780 e. The molecule has 0 aromatic carbocycles. The summed E-state index contributed by atoms with van der Waals surface area (Å²) < 4.78 is 142. The molecule has 0 spiro atoms. The number of aliphatic hydroxyl groups is 2. The molecule has 6 aliphatic rings. The van der Waals surface area contributed by atoms with Crippen molar-refractivity contribution in [2.24, 2.45) is 0 Å². The van der Waals surface area contributed by atoms with E-state index >= 15 is 8.78 Å². The van der Waals surface area contributed by atoms with Gasteiger partial charge in [-0.1, -0.05) is 11.8 Å². The van der Waals surface area contributed by atoms with Gasteiger partial charge in [-0.3, -0.25) is 40.9 Å². The first-order valence-corrected chi connectivity index (χ1v) is 33.7. The zero-order valence-corrected chi connectivity index (χ0v) is 49.2. The predicted molar refractivity (Wildman–Crippen MR) is 291 cm³/mol. The Bertz CT molecular complexity index is 3930. The first-order chi connectivity index (χ1) is 41.8. The standard InChI is InChI=1S/C21H24FN9O10P2S.C20H23FN10O10P2S/c22-11-15-10(39-20(11)30-6-28-12-8(23)1-2-25-18(12)30)4-37-43(35,44)41-16-14(32)9(3-36-42(33,34)40-15)38-21(16)31-7-29-13-17(24)26-5-27-19(13)31;21-9-13-8(39-19(9)30-5-28-10-15(22)24-3-26-17(10)30)2-37-43(35,44)41-14-12(32)7(1-36-42(33,34)40-13)38-20(14)31-6-29-11-16(23)25-4-27-18(11)31/h1-2,5-7,9-11,14-16,20-21,32H,3-4H2,(H2,23,25)(H,33,34)(H,35,44)(H2,24,26,27);3-9,12-14,19-20,32H,1-2H2,(H,33,34)(H,35,44)(H2,22,24,26)(H2,23,25,27)/p-2/t9-,10-,11+,14+,15?,16?,20-,21-,43?;7-,8-,9+,12+,13?,14?,19-,20-,43?/m11/s1. The van der Waals surface area contributed by atoms with Crippen molar-refractivity contribution in [2.75, 3.05) is 49.4 Å². The van der Waals surface area contributed by atoms with Gasteiger partial charge >= 0.3 is 15.6 Å². The Morgan fingerprint density at radius 2 is 0.886 bits per heavy atom. The van der Waals surface area contributed by atoms with E-state index in [0.717, 1.165) is 6.33 Å². The molecule has 472 valence electrons. The van der Waals surface area contributed by atoms with E-state index in [9.17, 15) is 38.6 Å². The zero-order chi connectivity index (χ0) is 61.9. The Morgan fingerprint density at radius 1 is 0.511 bits per heavy atom. The minimum atomic E-state index is -5.06. The highest BCUT2D eigenvalue weighted by Crippen LogP contribution is 2.56. The molecule has 6 aliphatic heterocycles. The monoisotopic (exact) mass is 1350 g/mol. The van der Waals surface area contributed by atoms with Crippen molar-refractivity contribution in [3.05, 3.63) is 56.6 Å². The summed E-state index contributed by atoms with van der Waals surface area (Å²) in [6, 6.07) is 1.51. The molecule has 6 fully saturated rings. The van der Waals surface area contributed by atoms with E-state index in [-0.39, 0.29) is 67.8 Å². The van der Waals surface area contributed by atoms with Gasteiger partial charge in [0.25, 0.3) is 0 Å². The van der Waals surface area contributed by atoms with Crippen LogP contribution in [0.15, 0.2) is 56.6 Å². The number of phosphoric acid groups is 2. The molecule has 4 bridgehead atoms. The van der Waals surface area contributed by atoms with Gasteiger partial charge in [0.2, 0.25) is 6.80 Å². The largest absolute Gasteiger partial charge is 0.780 e. The lowest BCUT2D eigenvalue weighted by Crippen LogP contribution is -2.36. The minimum absolute atomic E-state index is 0.0266. The van der Waals surface area contributed by atoms with Crippen LogP contribution < -0.4 is 27.8 Å². The zero-order valence-electron chi connectivity index (χ0n) is 44.0. The Hall–Kier alpha value is -5.66. The lowest BCUT2D eigenvalue weighted by Gasteiger charge is -2.34. The number of hydrogen-bond donors (Lipinski definition) is 8. The maximum Gasteiger partial charge on any atom is 0.472 e. The quantitative estimate of drug-likeness (QED) is 0.0800. The van der Waals surface area contributed by atoms with Gasteiger partial charge in [-0.25, -0.2) is 72.7 Å². The van der Waals surface area contributed by atoms with Gasteiger partial charge < -0.3 is 97.1 Å². The van der Waals surface area contributed by atoms with E-state index in [1.807, 2.05) is 0 Å². The van der Waals surface area contributed by atoms with E-state index in [1.54, 1.807) is 0 Å². The number of hydrogen-bond acceptors (Lipinski definition) is 35. The maximum atomic E-state index is 15.9. The summed E-state index contributed by atoms with van der Waals surface area (Å²) in [5, 5.41) is 22.1. The second-order valence-corrected chi connectivity index (χ2v) is 28.1. The molecule has 14 heterocycles. The third kappa shape index (κ3) is 11.4. The third-order valence-electron chi connectivity index (χ3n) is 14.5. The fourth-order valence-electron chi connectivity index (χ4n) is 10.4. The fourth-order valence-corrected chi connectivity index (χ4v) is 15.2. The average Bonchev–Trinajstić information content (AvgIpc) is 1.75. The number of fused-ring (bicyclic) bond motifs is 10. The van der Waals surface area contributed by atoms with Gasteiger partial charge in [-0.2, -0.15) is 0 Å². The number of phosphoric ester groups is 2. The van der Waals surface area contributed by atoms with E-state index in [0.29, 0.717) is 0 Å².